The predicted octanol–water partition coefficient (Wildman–Crippen LogP) is 2.11. The third kappa shape index (κ3) is 2.89. The molecule has 0 spiro atoms. The fourth-order valence-corrected chi connectivity index (χ4v) is 2.00. The molecule has 1 N–H and O–H groups in total. The first kappa shape index (κ1) is 13.2. The lowest BCUT2D eigenvalue weighted by atomic mass is 10.2. The van der Waals surface area contributed by atoms with E-state index in [2.05, 4.69) is 15.4 Å². The summed E-state index contributed by atoms with van der Waals surface area (Å²) >= 11 is 0. The fourth-order valence-electron chi connectivity index (χ4n) is 2.00. The number of halogens is 1. The summed E-state index contributed by atoms with van der Waals surface area (Å²) in [5.41, 5.74) is 2.79. The van der Waals surface area contributed by atoms with Crippen LogP contribution in [0.25, 0.3) is 5.65 Å². The molecule has 0 aliphatic rings. The Morgan fingerprint density at radius 2 is 2.10 bits per heavy atom. The molecule has 0 unspecified atom stereocenters. The van der Waals surface area contributed by atoms with Crippen LogP contribution in [0.3, 0.4) is 0 Å². The van der Waals surface area contributed by atoms with Crippen molar-refractivity contribution in [1.29, 1.82) is 0 Å². The van der Waals surface area contributed by atoms with Gasteiger partial charge >= 0.3 is 0 Å². The molecule has 21 heavy (non-hydrogen) atoms. The molecule has 2 aromatic heterocycles. The maximum atomic E-state index is 12.8. The Bertz CT molecular complexity index is 795. The number of aromatic nitrogens is 3. The zero-order chi connectivity index (χ0) is 14.8. The van der Waals surface area contributed by atoms with Crippen LogP contribution in [0.4, 0.5) is 4.39 Å². The first-order chi connectivity index (χ1) is 10.1. The topological polar surface area (TPSA) is 59.3 Å². The number of rotatable bonds is 3. The summed E-state index contributed by atoms with van der Waals surface area (Å²) in [4.78, 5) is 16.2. The van der Waals surface area contributed by atoms with Crippen molar-refractivity contribution in [3.63, 3.8) is 0 Å². The molecule has 0 fully saturated rings. The fraction of sp³-hybridized carbons (Fsp3) is 0.133. The molecule has 1 amide bonds. The van der Waals surface area contributed by atoms with Gasteiger partial charge in [0, 0.05) is 25.0 Å². The van der Waals surface area contributed by atoms with Crippen molar-refractivity contribution in [3.05, 3.63) is 65.4 Å². The second kappa shape index (κ2) is 5.32. The molecule has 6 heteroatoms. The monoisotopic (exact) mass is 284 g/mol. The molecule has 106 valence electrons. The number of fused-ring (bicyclic) bond motifs is 1. The smallest absolute Gasteiger partial charge is 0.254 e. The minimum Gasteiger partial charge on any atom is -0.348 e. The lowest BCUT2D eigenvalue weighted by molar-refractivity contribution is 0.0950. The molecule has 0 saturated heterocycles. The van der Waals surface area contributed by atoms with Crippen molar-refractivity contribution in [2.75, 3.05) is 0 Å². The number of benzene rings is 1. The average Bonchev–Trinajstić information content (AvgIpc) is 2.85. The second-order valence-electron chi connectivity index (χ2n) is 4.74. The minimum absolute atomic E-state index is 0.248. The van der Waals surface area contributed by atoms with Crippen LogP contribution in [-0.4, -0.2) is 20.5 Å². The Balaban J connectivity index is 1.72. The highest BCUT2D eigenvalue weighted by molar-refractivity contribution is 5.93. The molecule has 0 aliphatic heterocycles. The third-order valence-electron chi connectivity index (χ3n) is 3.06. The molecule has 5 nitrogen and oxygen atoms in total. The van der Waals surface area contributed by atoms with Gasteiger partial charge in [0.15, 0.2) is 5.65 Å². The van der Waals surface area contributed by atoms with Gasteiger partial charge in [-0.3, -0.25) is 4.79 Å². The summed E-state index contributed by atoms with van der Waals surface area (Å²) in [5.74, 6) is -0.546. The highest BCUT2D eigenvalue weighted by Gasteiger charge is 2.08. The summed E-state index contributed by atoms with van der Waals surface area (Å²) in [6.45, 7) is 2.19. The van der Waals surface area contributed by atoms with Crippen molar-refractivity contribution < 1.29 is 9.18 Å². The predicted molar refractivity (Wildman–Crippen MR) is 75.3 cm³/mol. The average molecular weight is 284 g/mol. The van der Waals surface area contributed by atoms with Crippen molar-refractivity contribution in [3.8, 4) is 0 Å². The first-order valence-electron chi connectivity index (χ1n) is 6.46. The van der Waals surface area contributed by atoms with E-state index in [-0.39, 0.29) is 11.7 Å². The van der Waals surface area contributed by atoms with Gasteiger partial charge in [-0.2, -0.15) is 5.10 Å². The van der Waals surface area contributed by atoms with E-state index in [4.69, 9.17) is 0 Å². The molecule has 0 radical (unpaired) electrons. The summed E-state index contributed by atoms with van der Waals surface area (Å²) < 4.78 is 14.4. The molecule has 3 rings (SSSR count). The van der Waals surface area contributed by atoms with E-state index in [1.165, 1.54) is 18.3 Å². The molecule has 0 aliphatic carbocycles. The van der Waals surface area contributed by atoms with Gasteiger partial charge in [-0.25, -0.2) is 13.9 Å². The molecular formula is C15H13FN4O. The SMILES string of the molecule is Cc1cc2ncc(C(=O)NCc3ccc(F)cc3)cn2n1. The highest BCUT2D eigenvalue weighted by Crippen LogP contribution is 2.06. The Hall–Kier alpha value is -2.76. The van der Waals surface area contributed by atoms with Crippen LogP contribution in [0.2, 0.25) is 0 Å². The van der Waals surface area contributed by atoms with Crippen LogP contribution >= 0.6 is 0 Å². The summed E-state index contributed by atoms with van der Waals surface area (Å²) in [7, 11) is 0. The number of nitrogens with one attached hydrogen (secondary N) is 1. The number of amides is 1. The van der Waals surface area contributed by atoms with Crippen molar-refractivity contribution in [2.45, 2.75) is 13.5 Å². The maximum absolute atomic E-state index is 12.8. The van der Waals surface area contributed by atoms with E-state index in [1.54, 1.807) is 22.8 Å². The Labute approximate surface area is 120 Å². The molecule has 0 bridgehead atoms. The number of carbonyl (C=O) groups excluding carboxylic acids is 1. The van der Waals surface area contributed by atoms with Gasteiger partial charge in [0.2, 0.25) is 0 Å². The van der Waals surface area contributed by atoms with E-state index in [0.29, 0.717) is 17.8 Å². The number of nitrogens with zero attached hydrogens (tertiary/aromatic N) is 3. The van der Waals surface area contributed by atoms with E-state index in [0.717, 1.165) is 11.3 Å². The van der Waals surface area contributed by atoms with Crippen molar-refractivity contribution in [1.82, 2.24) is 19.9 Å². The van der Waals surface area contributed by atoms with Crippen molar-refractivity contribution in [2.24, 2.45) is 0 Å². The standard InChI is InChI=1S/C15H13FN4O/c1-10-6-14-17-8-12(9-20(14)19-10)15(21)18-7-11-2-4-13(16)5-3-11/h2-6,8-9H,7H2,1H3,(H,18,21). The van der Waals surface area contributed by atoms with Gasteiger partial charge in [0.05, 0.1) is 11.3 Å². The Morgan fingerprint density at radius 1 is 1.33 bits per heavy atom. The van der Waals surface area contributed by atoms with E-state index in [9.17, 15) is 9.18 Å². The molecular weight excluding hydrogens is 271 g/mol. The number of carbonyl (C=O) groups is 1. The lowest BCUT2D eigenvalue weighted by Gasteiger charge is -2.05. The first-order valence-corrected chi connectivity index (χ1v) is 6.46. The van der Waals surface area contributed by atoms with Crippen LogP contribution < -0.4 is 5.32 Å². The van der Waals surface area contributed by atoms with E-state index < -0.39 is 0 Å². The molecule has 1 aromatic carbocycles. The number of aryl methyl sites for hydroxylation is 1. The van der Waals surface area contributed by atoms with Crippen LogP contribution in [0.5, 0.6) is 0 Å². The van der Waals surface area contributed by atoms with E-state index >= 15 is 0 Å². The minimum atomic E-state index is -0.297. The summed E-state index contributed by atoms with van der Waals surface area (Å²) in [6, 6.07) is 7.82. The zero-order valence-electron chi connectivity index (χ0n) is 11.4. The van der Waals surface area contributed by atoms with Crippen LogP contribution in [0.1, 0.15) is 21.6 Å². The Kier molecular flexibility index (Phi) is 3.35. The summed E-state index contributed by atoms with van der Waals surface area (Å²) in [5, 5.41) is 6.98. The van der Waals surface area contributed by atoms with Crippen LogP contribution in [0, 0.1) is 12.7 Å². The highest BCUT2D eigenvalue weighted by atomic mass is 19.1. The maximum Gasteiger partial charge on any atom is 0.254 e. The quantitative estimate of drug-likeness (QED) is 0.801. The molecule has 2 heterocycles. The van der Waals surface area contributed by atoms with Gasteiger partial charge in [0.1, 0.15) is 5.82 Å². The van der Waals surface area contributed by atoms with Gasteiger partial charge in [-0.05, 0) is 24.6 Å². The molecule has 3 aromatic rings. The van der Waals surface area contributed by atoms with Gasteiger partial charge in [-0.1, -0.05) is 12.1 Å². The third-order valence-corrected chi connectivity index (χ3v) is 3.06. The van der Waals surface area contributed by atoms with Gasteiger partial charge < -0.3 is 5.32 Å². The van der Waals surface area contributed by atoms with Crippen LogP contribution in [0.15, 0.2) is 42.7 Å². The number of hydrogen-bond donors (Lipinski definition) is 1. The second-order valence-corrected chi connectivity index (χ2v) is 4.74. The van der Waals surface area contributed by atoms with Crippen molar-refractivity contribution >= 4 is 11.6 Å². The Morgan fingerprint density at radius 3 is 2.86 bits per heavy atom. The van der Waals surface area contributed by atoms with Gasteiger partial charge in [0.25, 0.3) is 5.91 Å². The normalized spacial score (nSPS) is 10.8. The molecule has 0 saturated carbocycles. The number of hydrogen-bond acceptors (Lipinski definition) is 3. The van der Waals surface area contributed by atoms with E-state index in [1.807, 2.05) is 13.0 Å². The lowest BCUT2D eigenvalue weighted by Crippen LogP contribution is -2.23. The summed E-state index contributed by atoms with van der Waals surface area (Å²) in [6.07, 6.45) is 3.14. The van der Waals surface area contributed by atoms with Gasteiger partial charge in [-0.15, -0.1) is 0 Å². The molecule has 0 atom stereocenters. The largest absolute Gasteiger partial charge is 0.348 e. The van der Waals surface area contributed by atoms with Crippen LogP contribution in [-0.2, 0) is 6.54 Å². The zero-order valence-corrected chi connectivity index (χ0v) is 11.4.